The molecule has 0 aliphatic heterocycles. The van der Waals surface area contributed by atoms with E-state index in [0.717, 1.165) is 5.56 Å². The van der Waals surface area contributed by atoms with Gasteiger partial charge in [-0.05, 0) is 36.5 Å². The summed E-state index contributed by atoms with van der Waals surface area (Å²) in [5.74, 6) is 0.629. The molecule has 1 aliphatic carbocycles. The van der Waals surface area contributed by atoms with Gasteiger partial charge < -0.3 is 11.1 Å². The van der Waals surface area contributed by atoms with Crippen LogP contribution in [0.2, 0.25) is 5.02 Å². The molecule has 3 nitrogen and oxygen atoms in total. The summed E-state index contributed by atoms with van der Waals surface area (Å²) in [6, 6.07) is 7.49. The average molecular weight is 253 g/mol. The maximum atomic E-state index is 11.8. The third-order valence-electron chi connectivity index (χ3n) is 3.07. The first-order chi connectivity index (χ1) is 8.19. The summed E-state index contributed by atoms with van der Waals surface area (Å²) in [6.07, 6.45) is 2.76. The van der Waals surface area contributed by atoms with Crippen molar-refractivity contribution in [3.63, 3.8) is 0 Å². The molecule has 1 unspecified atom stereocenters. The molecule has 1 atom stereocenters. The van der Waals surface area contributed by atoms with Crippen LogP contribution in [0.5, 0.6) is 0 Å². The number of carbonyl (C=O) groups excluding carboxylic acids is 1. The van der Waals surface area contributed by atoms with Crippen molar-refractivity contribution in [1.82, 2.24) is 5.32 Å². The van der Waals surface area contributed by atoms with E-state index in [0.29, 0.717) is 23.9 Å². The fraction of sp³-hybridized carbons (Fsp3) is 0.462. The van der Waals surface area contributed by atoms with Crippen molar-refractivity contribution in [3.8, 4) is 0 Å². The van der Waals surface area contributed by atoms with Gasteiger partial charge in [-0.3, -0.25) is 4.79 Å². The first kappa shape index (κ1) is 12.4. The Bertz CT molecular complexity index is 387. The number of hydrogen-bond acceptors (Lipinski definition) is 2. The lowest BCUT2D eigenvalue weighted by Gasteiger charge is -2.15. The van der Waals surface area contributed by atoms with Gasteiger partial charge >= 0.3 is 0 Å². The Labute approximate surface area is 106 Å². The smallest absolute Gasteiger partial charge is 0.224 e. The molecule has 4 heteroatoms. The summed E-state index contributed by atoms with van der Waals surface area (Å²) in [7, 11) is 0. The number of halogens is 1. The van der Waals surface area contributed by atoms with Gasteiger partial charge in [0.15, 0.2) is 0 Å². The van der Waals surface area contributed by atoms with Crippen LogP contribution < -0.4 is 11.1 Å². The molecule has 0 aromatic heterocycles. The van der Waals surface area contributed by atoms with Gasteiger partial charge in [0.05, 0.1) is 6.42 Å². The molecule has 1 amide bonds. The first-order valence-corrected chi connectivity index (χ1v) is 6.30. The zero-order chi connectivity index (χ0) is 12.3. The van der Waals surface area contributed by atoms with Gasteiger partial charge in [-0.25, -0.2) is 0 Å². The summed E-state index contributed by atoms with van der Waals surface area (Å²) in [6.45, 7) is 0.525. The molecule has 0 saturated heterocycles. The van der Waals surface area contributed by atoms with E-state index in [2.05, 4.69) is 5.32 Å². The number of benzene rings is 1. The zero-order valence-electron chi connectivity index (χ0n) is 9.66. The normalized spacial score (nSPS) is 16.6. The maximum absolute atomic E-state index is 11.8. The molecule has 1 fully saturated rings. The van der Waals surface area contributed by atoms with Crippen molar-refractivity contribution in [1.29, 1.82) is 0 Å². The van der Waals surface area contributed by atoms with E-state index in [1.165, 1.54) is 12.8 Å². The maximum Gasteiger partial charge on any atom is 0.224 e. The minimum Gasteiger partial charge on any atom is -0.352 e. The number of amides is 1. The van der Waals surface area contributed by atoms with Crippen LogP contribution in [0.25, 0.3) is 0 Å². The van der Waals surface area contributed by atoms with Crippen molar-refractivity contribution < 1.29 is 4.79 Å². The van der Waals surface area contributed by atoms with Gasteiger partial charge in [0, 0.05) is 17.6 Å². The average Bonchev–Trinajstić information content (AvgIpc) is 3.13. The van der Waals surface area contributed by atoms with Crippen LogP contribution in [0.3, 0.4) is 0 Å². The SMILES string of the molecule is NCC(NC(=O)Cc1ccc(Cl)cc1)C1CC1. The number of rotatable bonds is 5. The lowest BCUT2D eigenvalue weighted by Crippen LogP contribution is -2.42. The van der Waals surface area contributed by atoms with Gasteiger partial charge in [0.1, 0.15) is 0 Å². The van der Waals surface area contributed by atoms with E-state index in [1.807, 2.05) is 12.1 Å². The second kappa shape index (κ2) is 5.52. The van der Waals surface area contributed by atoms with Crippen LogP contribution in [0, 0.1) is 5.92 Å². The van der Waals surface area contributed by atoms with Crippen LogP contribution in [-0.2, 0) is 11.2 Å². The van der Waals surface area contributed by atoms with Gasteiger partial charge in [0.2, 0.25) is 5.91 Å². The highest BCUT2D eigenvalue weighted by Crippen LogP contribution is 2.32. The van der Waals surface area contributed by atoms with Crippen molar-refractivity contribution in [2.75, 3.05) is 6.54 Å². The van der Waals surface area contributed by atoms with E-state index < -0.39 is 0 Å². The fourth-order valence-electron chi connectivity index (χ4n) is 1.91. The van der Waals surface area contributed by atoms with E-state index >= 15 is 0 Å². The molecule has 17 heavy (non-hydrogen) atoms. The molecule has 0 radical (unpaired) electrons. The number of nitrogens with two attached hydrogens (primary N) is 1. The quantitative estimate of drug-likeness (QED) is 0.839. The predicted molar refractivity (Wildman–Crippen MR) is 68.9 cm³/mol. The molecule has 1 saturated carbocycles. The van der Waals surface area contributed by atoms with Crippen LogP contribution in [0.4, 0.5) is 0 Å². The molecule has 0 heterocycles. The summed E-state index contributed by atoms with van der Waals surface area (Å²) in [5, 5.41) is 3.68. The molecule has 1 aromatic carbocycles. The van der Waals surface area contributed by atoms with Crippen LogP contribution in [0.1, 0.15) is 18.4 Å². The van der Waals surface area contributed by atoms with E-state index in [4.69, 9.17) is 17.3 Å². The third kappa shape index (κ3) is 3.72. The molecule has 1 aromatic rings. The Morgan fingerprint density at radius 3 is 2.59 bits per heavy atom. The third-order valence-corrected chi connectivity index (χ3v) is 3.32. The molecule has 0 spiro atoms. The van der Waals surface area contributed by atoms with Crippen LogP contribution in [-0.4, -0.2) is 18.5 Å². The topological polar surface area (TPSA) is 55.1 Å². The summed E-state index contributed by atoms with van der Waals surface area (Å²) < 4.78 is 0. The van der Waals surface area contributed by atoms with Gasteiger partial charge in [-0.15, -0.1) is 0 Å². The lowest BCUT2D eigenvalue weighted by atomic mass is 10.1. The predicted octanol–water partition coefficient (Wildman–Crippen LogP) is 1.74. The monoisotopic (exact) mass is 252 g/mol. The van der Waals surface area contributed by atoms with E-state index in [9.17, 15) is 4.79 Å². The second-order valence-electron chi connectivity index (χ2n) is 4.55. The molecule has 1 aliphatic rings. The van der Waals surface area contributed by atoms with Crippen LogP contribution >= 0.6 is 11.6 Å². The number of hydrogen-bond donors (Lipinski definition) is 2. The Kier molecular flexibility index (Phi) is 4.02. The van der Waals surface area contributed by atoms with Crippen molar-refractivity contribution in [2.45, 2.75) is 25.3 Å². The molecule has 0 bridgehead atoms. The van der Waals surface area contributed by atoms with Gasteiger partial charge in [0.25, 0.3) is 0 Å². The highest BCUT2D eigenvalue weighted by molar-refractivity contribution is 6.30. The summed E-state index contributed by atoms with van der Waals surface area (Å²) in [4.78, 5) is 11.8. The Morgan fingerprint density at radius 1 is 1.41 bits per heavy atom. The summed E-state index contributed by atoms with van der Waals surface area (Å²) >= 11 is 5.79. The van der Waals surface area contributed by atoms with Gasteiger partial charge in [-0.1, -0.05) is 23.7 Å². The largest absolute Gasteiger partial charge is 0.352 e. The van der Waals surface area contributed by atoms with Gasteiger partial charge in [-0.2, -0.15) is 0 Å². The standard InChI is InChI=1S/C13H17ClN2O/c14-11-5-1-9(2-6-11)7-13(17)16-12(8-15)10-3-4-10/h1-2,5-6,10,12H,3-4,7-8,15H2,(H,16,17). The minimum atomic E-state index is 0.0367. The summed E-state index contributed by atoms with van der Waals surface area (Å²) in [5.41, 5.74) is 6.61. The second-order valence-corrected chi connectivity index (χ2v) is 4.99. The molecule has 92 valence electrons. The van der Waals surface area contributed by atoms with Crippen molar-refractivity contribution >= 4 is 17.5 Å². The van der Waals surface area contributed by atoms with E-state index in [-0.39, 0.29) is 11.9 Å². The highest BCUT2D eigenvalue weighted by atomic mass is 35.5. The van der Waals surface area contributed by atoms with Crippen molar-refractivity contribution in [2.24, 2.45) is 11.7 Å². The van der Waals surface area contributed by atoms with Crippen LogP contribution in [0.15, 0.2) is 24.3 Å². The fourth-order valence-corrected chi connectivity index (χ4v) is 2.04. The molecular weight excluding hydrogens is 236 g/mol. The Balaban J connectivity index is 1.85. The highest BCUT2D eigenvalue weighted by Gasteiger charge is 2.31. The Morgan fingerprint density at radius 2 is 2.06 bits per heavy atom. The molecule has 3 N–H and O–H groups in total. The minimum absolute atomic E-state index is 0.0367. The first-order valence-electron chi connectivity index (χ1n) is 5.93. The number of carbonyl (C=O) groups is 1. The molecule has 2 rings (SSSR count). The number of nitrogens with one attached hydrogen (secondary N) is 1. The lowest BCUT2D eigenvalue weighted by molar-refractivity contribution is -0.121. The zero-order valence-corrected chi connectivity index (χ0v) is 10.4. The van der Waals surface area contributed by atoms with E-state index in [1.54, 1.807) is 12.1 Å². The van der Waals surface area contributed by atoms with Crippen molar-refractivity contribution in [3.05, 3.63) is 34.9 Å². The Hall–Kier alpha value is -1.06. The molecular formula is C13H17ClN2O.